The number of ether oxygens (including phenoxy) is 1. The Hall–Kier alpha value is -3.61. The van der Waals surface area contributed by atoms with E-state index in [0.29, 0.717) is 18.9 Å². The number of benzene rings is 2. The Morgan fingerprint density at radius 1 is 1.03 bits per heavy atom. The number of nitrogens with zero attached hydrogens (tertiary/aromatic N) is 1. The highest BCUT2D eigenvalue weighted by Crippen LogP contribution is 2.26. The summed E-state index contributed by atoms with van der Waals surface area (Å²) in [5, 5.41) is 9.18. The molecule has 0 radical (unpaired) electrons. The number of carbonyl (C=O) groups is 2. The van der Waals surface area contributed by atoms with E-state index in [9.17, 15) is 9.59 Å². The number of para-hydroxylation sites is 1. The quantitative estimate of drug-likeness (QED) is 0.673. The number of nitrogens with one attached hydrogen (secondary N) is 2. The molecule has 1 aliphatic rings. The van der Waals surface area contributed by atoms with Crippen LogP contribution < -0.4 is 15.4 Å². The van der Waals surface area contributed by atoms with E-state index in [1.807, 2.05) is 54.6 Å². The number of hydrogen-bond donors (Lipinski definition) is 2. The molecule has 1 atom stereocenters. The maximum atomic E-state index is 12.2. The molecule has 0 saturated carbocycles. The van der Waals surface area contributed by atoms with Gasteiger partial charge in [0.1, 0.15) is 5.75 Å². The van der Waals surface area contributed by atoms with Gasteiger partial charge in [-0.25, -0.2) is 0 Å². The molecular formula is C22H21N3O4. The summed E-state index contributed by atoms with van der Waals surface area (Å²) in [5.74, 6) is 0.890. The Bertz CT molecular complexity index is 1000. The second kappa shape index (κ2) is 8.60. The minimum atomic E-state index is -0.457. The molecule has 1 aromatic heterocycles. The lowest BCUT2D eigenvalue weighted by atomic mass is 9.97. The Balaban J connectivity index is 1.23. The molecule has 148 valence electrons. The average molecular weight is 391 g/mol. The lowest BCUT2D eigenvalue weighted by Crippen LogP contribution is -2.40. The highest BCUT2D eigenvalue weighted by Gasteiger charge is 2.20. The highest BCUT2D eigenvalue weighted by molar-refractivity contribution is 5.95. The first-order chi connectivity index (χ1) is 14.2. The van der Waals surface area contributed by atoms with Crippen LogP contribution in [0.5, 0.6) is 5.75 Å². The van der Waals surface area contributed by atoms with Crippen molar-refractivity contribution in [1.82, 2.24) is 15.8 Å². The van der Waals surface area contributed by atoms with Crippen LogP contribution in [0.15, 0.2) is 65.2 Å². The van der Waals surface area contributed by atoms with Gasteiger partial charge in [0.05, 0.1) is 13.2 Å². The van der Waals surface area contributed by atoms with E-state index in [1.165, 1.54) is 0 Å². The summed E-state index contributed by atoms with van der Waals surface area (Å²) in [5.41, 5.74) is 2.11. The van der Waals surface area contributed by atoms with E-state index < -0.39 is 5.91 Å². The minimum Gasteiger partial charge on any atom is -0.493 e. The molecule has 0 spiro atoms. The minimum absolute atomic E-state index is 0.128. The number of rotatable bonds is 6. The molecule has 2 amide bonds. The van der Waals surface area contributed by atoms with Crippen molar-refractivity contribution in [2.75, 3.05) is 19.7 Å². The molecule has 29 heavy (non-hydrogen) atoms. The Morgan fingerprint density at radius 3 is 2.69 bits per heavy atom. The number of hydrogen-bond acceptors (Lipinski definition) is 5. The molecule has 0 bridgehead atoms. The second-order valence-corrected chi connectivity index (χ2v) is 6.92. The van der Waals surface area contributed by atoms with Crippen LogP contribution in [0.4, 0.5) is 0 Å². The average Bonchev–Trinajstić information content (AvgIpc) is 3.27. The fourth-order valence-corrected chi connectivity index (χ4v) is 3.21. The van der Waals surface area contributed by atoms with E-state index in [1.54, 1.807) is 6.07 Å². The van der Waals surface area contributed by atoms with E-state index in [-0.39, 0.29) is 24.1 Å². The summed E-state index contributed by atoms with van der Waals surface area (Å²) >= 11 is 0. The molecule has 2 aromatic carbocycles. The van der Waals surface area contributed by atoms with Gasteiger partial charge in [-0.1, -0.05) is 53.7 Å². The molecule has 2 N–H and O–H groups in total. The first kappa shape index (κ1) is 18.7. The van der Waals surface area contributed by atoms with Gasteiger partial charge in [-0.15, -0.1) is 0 Å². The lowest BCUT2D eigenvalue weighted by Gasteiger charge is -2.25. The normalized spacial score (nSPS) is 15.1. The zero-order chi connectivity index (χ0) is 20.1. The molecule has 1 unspecified atom stereocenters. The molecule has 0 fully saturated rings. The highest BCUT2D eigenvalue weighted by atomic mass is 16.5. The largest absolute Gasteiger partial charge is 0.493 e. The molecular weight excluding hydrogens is 370 g/mol. The van der Waals surface area contributed by atoms with Gasteiger partial charge in [-0.3, -0.25) is 9.59 Å². The van der Waals surface area contributed by atoms with Gasteiger partial charge in [0.2, 0.25) is 5.91 Å². The molecule has 3 aromatic rings. The Morgan fingerprint density at radius 2 is 1.83 bits per heavy atom. The van der Waals surface area contributed by atoms with Gasteiger partial charge >= 0.3 is 0 Å². The topological polar surface area (TPSA) is 93.5 Å². The molecule has 7 heteroatoms. The van der Waals surface area contributed by atoms with E-state index in [0.717, 1.165) is 23.3 Å². The van der Waals surface area contributed by atoms with Crippen LogP contribution in [0.3, 0.4) is 0 Å². The fraction of sp³-hybridized carbons (Fsp3) is 0.227. The molecule has 7 nitrogen and oxygen atoms in total. The molecule has 4 rings (SSSR count). The molecule has 0 saturated heterocycles. The first-order valence-electron chi connectivity index (χ1n) is 9.47. The van der Waals surface area contributed by atoms with Crippen LogP contribution in [0.1, 0.15) is 16.1 Å². The summed E-state index contributed by atoms with van der Waals surface area (Å²) in [4.78, 5) is 24.3. The van der Waals surface area contributed by atoms with Crippen molar-refractivity contribution in [1.29, 1.82) is 0 Å². The number of carbonyl (C=O) groups excluding carboxylic acids is 2. The van der Waals surface area contributed by atoms with Gasteiger partial charge in [0.25, 0.3) is 5.91 Å². The third kappa shape index (κ3) is 4.63. The van der Waals surface area contributed by atoms with Crippen molar-refractivity contribution >= 4 is 11.8 Å². The smallest absolute Gasteiger partial charge is 0.273 e. The van der Waals surface area contributed by atoms with Crippen molar-refractivity contribution in [2.45, 2.75) is 6.42 Å². The van der Waals surface area contributed by atoms with E-state index >= 15 is 0 Å². The Labute approximate surface area is 168 Å². The van der Waals surface area contributed by atoms with Crippen molar-refractivity contribution in [2.24, 2.45) is 5.92 Å². The summed E-state index contributed by atoms with van der Waals surface area (Å²) < 4.78 is 10.9. The Kier molecular flexibility index (Phi) is 5.56. The number of amides is 2. The van der Waals surface area contributed by atoms with Crippen LogP contribution in [0, 0.1) is 5.92 Å². The number of fused-ring (bicyclic) bond motifs is 1. The second-order valence-electron chi connectivity index (χ2n) is 6.92. The molecule has 1 aliphatic heterocycles. The van der Waals surface area contributed by atoms with Gasteiger partial charge in [-0.05, 0) is 18.1 Å². The summed E-state index contributed by atoms with van der Waals surface area (Å²) in [6.07, 6.45) is 0.851. The predicted octanol–water partition coefficient (Wildman–Crippen LogP) is 2.44. The zero-order valence-electron chi connectivity index (χ0n) is 15.8. The van der Waals surface area contributed by atoms with Crippen LogP contribution >= 0.6 is 0 Å². The van der Waals surface area contributed by atoms with Crippen molar-refractivity contribution in [3.63, 3.8) is 0 Å². The van der Waals surface area contributed by atoms with Gasteiger partial charge in [-0.2, -0.15) is 0 Å². The fourth-order valence-electron chi connectivity index (χ4n) is 3.21. The maximum Gasteiger partial charge on any atom is 0.273 e. The van der Waals surface area contributed by atoms with Crippen LogP contribution in [0.2, 0.25) is 0 Å². The summed E-state index contributed by atoms with van der Waals surface area (Å²) in [6.45, 7) is 0.923. The van der Waals surface area contributed by atoms with Crippen LogP contribution in [0.25, 0.3) is 11.3 Å². The van der Waals surface area contributed by atoms with Gasteiger partial charge < -0.3 is 19.9 Å². The predicted molar refractivity (Wildman–Crippen MR) is 106 cm³/mol. The van der Waals surface area contributed by atoms with Crippen LogP contribution in [-0.2, 0) is 11.2 Å². The zero-order valence-corrected chi connectivity index (χ0v) is 15.8. The van der Waals surface area contributed by atoms with Crippen molar-refractivity contribution in [3.05, 3.63) is 71.9 Å². The van der Waals surface area contributed by atoms with Crippen molar-refractivity contribution in [3.8, 4) is 17.1 Å². The summed E-state index contributed by atoms with van der Waals surface area (Å²) in [6, 6.07) is 18.8. The van der Waals surface area contributed by atoms with E-state index in [2.05, 4.69) is 15.8 Å². The SMILES string of the molecule is O=C(CNC(=O)c1cc(-c2ccccc2)on1)NCC1COc2ccccc2C1. The third-order valence-electron chi connectivity index (χ3n) is 4.75. The van der Waals surface area contributed by atoms with Crippen LogP contribution in [-0.4, -0.2) is 36.7 Å². The molecule has 2 heterocycles. The lowest BCUT2D eigenvalue weighted by molar-refractivity contribution is -0.120. The van der Waals surface area contributed by atoms with E-state index in [4.69, 9.17) is 9.26 Å². The number of aromatic nitrogens is 1. The summed E-state index contributed by atoms with van der Waals surface area (Å²) in [7, 11) is 0. The standard InChI is InChI=1S/C22H21N3O4/c26-21(23-12-15-10-17-8-4-5-9-19(17)28-14-15)13-24-22(27)18-11-20(29-25-18)16-6-2-1-3-7-16/h1-9,11,15H,10,12-14H2,(H,23,26)(H,24,27). The monoisotopic (exact) mass is 391 g/mol. The molecule has 0 aliphatic carbocycles. The van der Waals surface area contributed by atoms with Gasteiger partial charge in [0.15, 0.2) is 11.5 Å². The van der Waals surface area contributed by atoms with Gasteiger partial charge in [0, 0.05) is 24.1 Å². The van der Waals surface area contributed by atoms with Crippen molar-refractivity contribution < 1.29 is 18.8 Å². The maximum absolute atomic E-state index is 12.2. The third-order valence-corrected chi connectivity index (χ3v) is 4.75. The first-order valence-corrected chi connectivity index (χ1v) is 9.47.